The molecule has 0 amide bonds. The number of aromatic hydroxyl groups is 1. The molecule has 0 saturated heterocycles. The maximum absolute atomic E-state index is 11.0. The molecule has 2 heterocycles. The third-order valence-electron chi connectivity index (χ3n) is 10.7. The van der Waals surface area contributed by atoms with Gasteiger partial charge in [-0.25, -0.2) is 4.98 Å². The molecule has 4 nitrogen and oxygen atoms in total. The van der Waals surface area contributed by atoms with Gasteiger partial charge in [0, 0.05) is 38.8 Å². The smallest absolute Gasteiger partial charge is 0.221 e. The molecule has 1 spiro atoms. The van der Waals surface area contributed by atoms with Gasteiger partial charge in [0.15, 0.2) is 0 Å². The van der Waals surface area contributed by atoms with Crippen LogP contribution in [0, 0.1) is 25.3 Å². The summed E-state index contributed by atoms with van der Waals surface area (Å²) in [6, 6.07) is 48.8. The zero-order valence-electron chi connectivity index (χ0n) is 29.1. The molecule has 7 aromatic rings. The van der Waals surface area contributed by atoms with E-state index in [1.54, 1.807) is 6.07 Å². The van der Waals surface area contributed by atoms with Crippen LogP contribution in [0.15, 0.2) is 133 Å². The monoisotopic (exact) mass is 856 g/mol. The summed E-state index contributed by atoms with van der Waals surface area (Å²) in [7, 11) is 0. The Bertz CT molecular complexity index is 2410. The quantitative estimate of drug-likeness (QED) is 0.169. The van der Waals surface area contributed by atoms with Gasteiger partial charge in [-0.05, 0) is 124 Å². The largest absolute Gasteiger partial charge is 0.507 e. The first-order valence-electron chi connectivity index (χ1n) is 17.6. The molecular formula is C47H37N2O2Pt-. The molecule has 2 aromatic heterocycles. The number of hydrogen-bond acceptors (Lipinski definition) is 4. The van der Waals surface area contributed by atoms with Crippen molar-refractivity contribution in [3.05, 3.63) is 173 Å². The van der Waals surface area contributed by atoms with E-state index in [0.717, 1.165) is 59.2 Å². The zero-order chi connectivity index (χ0) is 34.5. The predicted molar refractivity (Wildman–Crippen MR) is 204 cm³/mol. The van der Waals surface area contributed by atoms with Crippen molar-refractivity contribution in [2.75, 3.05) is 0 Å². The van der Waals surface area contributed by atoms with Crippen molar-refractivity contribution in [2.24, 2.45) is 5.41 Å². The molecule has 0 saturated carbocycles. The molecule has 2 aliphatic carbocycles. The molecular weight excluding hydrogens is 820 g/mol. The fourth-order valence-electron chi connectivity index (χ4n) is 8.35. The molecule has 0 fully saturated rings. The third-order valence-corrected chi connectivity index (χ3v) is 10.7. The van der Waals surface area contributed by atoms with Gasteiger partial charge in [-0.3, -0.25) is 4.98 Å². The Kier molecular flexibility index (Phi) is 8.89. The Hall–Kier alpha value is -5.31. The standard InChI is InChI=1S/C47H37N2O2.Pt/c1-30-10-8-11-31(2)46(30)34-20-21-43(50)40(23-34)41-16-9-17-44(48-41)51-45-25-38(24-42(49-45)32-12-4-3-5-13-32)33-18-19-37-28-47(29-39(37)22-33)26-35-14-6-7-15-36(35)27-47;/h3-12,14-25,50H,26-29H2,1-2H3;/q-1;. The van der Waals surface area contributed by atoms with E-state index >= 15 is 0 Å². The number of hydrogen-bond donors (Lipinski definition) is 1. The number of rotatable bonds is 6. The van der Waals surface area contributed by atoms with Crippen LogP contribution in [0.1, 0.15) is 33.4 Å². The van der Waals surface area contributed by atoms with E-state index < -0.39 is 0 Å². The van der Waals surface area contributed by atoms with E-state index in [1.165, 1.54) is 33.4 Å². The number of benzene rings is 5. The van der Waals surface area contributed by atoms with Crippen LogP contribution in [0.2, 0.25) is 0 Å². The molecule has 0 unspecified atom stereocenters. The SMILES string of the molecule is Cc1cccc(C)c1-c1ccc(O)c(-c2cccc(Oc3cc(-c4ccc5c(c4)CC4(Cc6ccccc6C4)C5)cc(-c4[c-]cccc4)n3)n2)c1.[Pt]. The van der Waals surface area contributed by atoms with E-state index in [2.05, 4.69) is 86.6 Å². The predicted octanol–water partition coefficient (Wildman–Crippen LogP) is 10.9. The second kappa shape index (κ2) is 13.7. The van der Waals surface area contributed by atoms with Crippen molar-refractivity contribution in [3.63, 3.8) is 0 Å². The van der Waals surface area contributed by atoms with Crippen LogP contribution in [-0.4, -0.2) is 15.1 Å². The summed E-state index contributed by atoms with van der Waals surface area (Å²) in [5, 5.41) is 11.0. The van der Waals surface area contributed by atoms with Gasteiger partial charge in [0.05, 0.1) is 5.69 Å². The minimum absolute atomic E-state index is 0. The molecule has 1 N–H and O–H groups in total. The van der Waals surface area contributed by atoms with Crippen molar-refractivity contribution in [3.8, 4) is 62.3 Å². The molecule has 52 heavy (non-hydrogen) atoms. The van der Waals surface area contributed by atoms with Crippen LogP contribution in [0.3, 0.4) is 0 Å². The molecule has 258 valence electrons. The minimum atomic E-state index is 0. The number of pyridine rings is 2. The molecule has 0 aliphatic heterocycles. The van der Waals surface area contributed by atoms with Gasteiger partial charge in [-0.1, -0.05) is 78.9 Å². The Morgan fingerprint density at radius 2 is 1.25 bits per heavy atom. The number of phenolic OH excluding ortho intramolecular Hbond substituents is 1. The molecule has 5 heteroatoms. The van der Waals surface area contributed by atoms with Crippen molar-refractivity contribution in [1.82, 2.24) is 9.97 Å². The average molecular weight is 857 g/mol. The van der Waals surface area contributed by atoms with Crippen LogP contribution in [-0.2, 0) is 46.7 Å². The third kappa shape index (κ3) is 6.37. The second-order valence-electron chi connectivity index (χ2n) is 14.3. The Morgan fingerprint density at radius 3 is 2.00 bits per heavy atom. The van der Waals surface area contributed by atoms with Crippen LogP contribution in [0.5, 0.6) is 17.5 Å². The van der Waals surface area contributed by atoms with Gasteiger partial charge in [0.2, 0.25) is 11.8 Å². The fraction of sp³-hybridized carbons (Fsp3) is 0.149. The molecule has 5 aromatic carbocycles. The maximum atomic E-state index is 11.0. The molecule has 2 aliphatic rings. The number of phenols is 1. The number of fused-ring (bicyclic) bond motifs is 2. The average Bonchev–Trinajstić information content (AvgIpc) is 3.69. The van der Waals surface area contributed by atoms with E-state index in [0.29, 0.717) is 23.0 Å². The van der Waals surface area contributed by atoms with Crippen LogP contribution in [0.4, 0.5) is 0 Å². The summed E-state index contributed by atoms with van der Waals surface area (Å²) in [6.07, 6.45) is 4.51. The maximum Gasteiger partial charge on any atom is 0.221 e. The van der Waals surface area contributed by atoms with Gasteiger partial charge in [0.25, 0.3) is 0 Å². The summed E-state index contributed by atoms with van der Waals surface area (Å²) >= 11 is 0. The second-order valence-corrected chi connectivity index (χ2v) is 14.3. The van der Waals surface area contributed by atoms with Crippen molar-refractivity contribution < 1.29 is 30.9 Å². The summed E-state index contributed by atoms with van der Waals surface area (Å²) < 4.78 is 6.44. The molecule has 0 atom stereocenters. The first-order chi connectivity index (χ1) is 24.9. The summed E-state index contributed by atoms with van der Waals surface area (Å²) in [4.78, 5) is 9.79. The van der Waals surface area contributed by atoms with E-state index in [-0.39, 0.29) is 32.2 Å². The minimum Gasteiger partial charge on any atom is -0.507 e. The van der Waals surface area contributed by atoms with Gasteiger partial charge in [-0.2, -0.15) is 0 Å². The Morgan fingerprint density at radius 1 is 0.577 bits per heavy atom. The number of aryl methyl sites for hydroxylation is 2. The topological polar surface area (TPSA) is 55.2 Å². The van der Waals surface area contributed by atoms with Crippen molar-refractivity contribution >= 4 is 0 Å². The van der Waals surface area contributed by atoms with Gasteiger partial charge < -0.3 is 9.84 Å². The number of aromatic nitrogens is 2. The fourth-order valence-corrected chi connectivity index (χ4v) is 8.35. The van der Waals surface area contributed by atoms with Gasteiger partial charge in [0.1, 0.15) is 5.75 Å². The van der Waals surface area contributed by atoms with Crippen molar-refractivity contribution in [1.29, 1.82) is 0 Å². The molecule has 0 radical (unpaired) electrons. The molecule has 9 rings (SSSR count). The van der Waals surface area contributed by atoms with Crippen LogP contribution >= 0.6 is 0 Å². The van der Waals surface area contributed by atoms with Crippen LogP contribution < -0.4 is 4.74 Å². The van der Waals surface area contributed by atoms with Crippen molar-refractivity contribution in [2.45, 2.75) is 39.5 Å². The summed E-state index contributed by atoms with van der Waals surface area (Å²) in [5.74, 6) is 1.01. The normalized spacial score (nSPS) is 13.7. The Balaban J connectivity index is 0.00000387. The summed E-state index contributed by atoms with van der Waals surface area (Å²) in [5.41, 5.74) is 15.8. The Labute approximate surface area is 319 Å². The zero-order valence-corrected chi connectivity index (χ0v) is 31.4. The van der Waals surface area contributed by atoms with Gasteiger partial charge in [-0.15, -0.1) is 35.9 Å². The van der Waals surface area contributed by atoms with Gasteiger partial charge >= 0.3 is 0 Å². The summed E-state index contributed by atoms with van der Waals surface area (Å²) in [6.45, 7) is 4.22. The molecule has 0 bridgehead atoms. The van der Waals surface area contributed by atoms with E-state index in [1.807, 2.05) is 60.7 Å². The number of ether oxygens (including phenoxy) is 1. The van der Waals surface area contributed by atoms with E-state index in [4.69, 9.17) is 14.7 Å². The first kappa shape index (κ1) is 33.8. The van der Waals surface area contributed by atoms with Crippen LogP contribution in [0.25, 0.3) is 44.8 Å². The number of nitrogens with zero attached hydrogens (tertiary/aromatic N) is 2. The van der Waals surface area contributed by atoms with E-state index in [9.17, 15) is 5.11 Å². The first-order valence-corrected chi connectivity index (χ1v) is 17.6.